The summed E-state index contributed by atoms with van der Waals surface area (Å²) in [5.41, 5.74) is 4.07. The van der Waals surface area contributed by atoms with Crippen LogP contribution in [0.2, 0.25) is 0 Å². The molecule has 0 unspecified atom stereocenters. The predicted octanol–water partition coefficient (Wildman–Crippen LogP) is 1.97. The molecule has 0 aliphatic heterocycles. The number of carbonyl (C=O) groups is 1. The number of halogens is 1. The summed E-state index contributed by atoms with van der Waals surface area (Å²) in [7, 11) is 0. The zero-order chi connectivity index (χ0) is 19.5. The third-order valence-electron chi connectivity index (χ3n) is 3.86. The zero-order valence-corrected chi connectivity index (χ0v) is 14.3. The van der Waals surface area contributed by atoms with Crippen LogP contribution in [0.1, 0.15) is 10.4 Å². The molecule has 3 heterocycles. The molecule has 0 saturated carbocycles. The first-order valence-electron chi connectivity index (χ1n) is 8.13. The second kappa shape index (κ2) is 7.19. The fraction of sp³-hybridized carbons (Fsp3) is 0. The van der Waals surface area contributed by atoms with E-state index < -0.39 is 5.91 Å². The fourth-order valence-electron chi connectivity index (χ4n) is 2.49. The van der Waals surface area contributed by atoms with E-state index in [1.165, 1.54) is 41.9 Å². The number of hydrogen-bond donors (Lipinski definition) is 3. The Morgan fingerprint density at radius 1 is 1.00 bits per heavy atom. The van der Waals surface area contributed by atoms with Crippen molar-refractivity contribution in [2.45, 2.75) is 0 Å². The molecule has 0 bridgehead atoms. The summed E-state index contributed by atoms with van der Waals surface area (Å²) >= 11 is 0. The second-order valence-electron chi connectivity index (χ2n) is 5.69. The molecular weight excluding hydrogens is 363 g/mol. The van der Waals surface area contributed by atoms with Gasteiger partial charge in [0.15, 0.2) is 11.3 Å². The Kier molecular flexibility index (Phi) is 4.42. The highest BCUT2D eigenvalue weighted by Gasteiger charge is 2.11. The van der Waals surface area contributed by atoms with Gasteiger partial charge in [-0.2, -0.15) is 0 Å². The molecule has 1 aromatic carbocycles. The first kappa shape index (κ1) is 17.2. The first-order chi connectivity index (χ1) is 13.6. The molecule has 28 heavy (non-hydrogen) atoms. The van der Waals surface area contributed by atoms with Crippen LogP contribution in [0.25, 0.3) is 11.0 Å². The molecule has 0 fully saturated rings. The molecule has 4 rings (SSSR count). The van der Waals surface area contributed by atoms with Gasteiger partial charge in [0.05, 0.1) is 0 Å². The smallest absolute Gasteiger partial charge is 0.270 e. The molecular formula is C18H13FN8O. The summed E-state index contributed by atoms with van der Waals surface area (Å²) < 4.78 is 14.2. The van der Waals surface area contributed by atoms with E-state index in [-0.39, 0.29) is 16.8 Å². The Morgan fingerprint density at radius 2 is 1.75 bits per heavy atom. The van der Waals surface area contributed by atoms with Gasteiger partial charge in [0.25, 0.3) is 5.91 Å². The molecule has 4 aromatic rings. The molecule has 10 heteroatoms. The van der Waals surface area contributed by atoms with Gasteiger partial charge < -0.3 is 5.32 Å². The van der Waals surface area contributed by atoms with E-state index in [0.717, 1.165) is 0 Å². The molecule has 0 radical (unpaired) electrons. The Balaban J connectivity index is 1.67. The van der Waals surface area contributed by atoms with Crippen LogP contribution in [0.5, 0.6) is 0 Å². The third-order valence-corrected chi connectivity index (χ3v) is 3.86. The number of aromatic nitrogens is 5. The Hall–Kier alpha value is -4.21. The molecule has 1 amide bonds. The number of nitrogens with one attached hydrogen (secondary N) is 3. The lowest BCUT2D eigenvalue weighted by atomic mass is 10.2. The van der Waals surface area contributed by atoms with Crippen molar-refractivity contribution in [2.24, 2.45) is 0 Å². The number of anilines is 2. The minimum absolute atomic E-state index is 0.0723. The van der Waals surface area contributed by atoms with E-state index in [0.29, 0.717) is 22.6 Å². The Morgan fingerprint density at radius 3 is 2.50 bits per heavy atom. The van der Waals surface area contributed by atoms with E-state index in [2.05, 4.69) is 30.7 Å². The first-order valence-corrected chi connectivity index (χ1v) is 8.13. The predicted molar refractivity (Wildman–Crippen MR) is 98.8 cm³/mol. The molecule has 0 aliphatic rings. The number of amides is 1. The lowest BCUT2D eigenvalue weighted by Crippen LogP contribution is -2.33. The average Bonchev–Trinajstić information content (AvgIpc) is 2.73. The van der Waals surface area contributed by atoms with Crippen molar-refractivity contribution in [2.75, 3.05) is 10.7 Å². The van der Waals surface area contributed by atoms with Crippen molar-refractivity contribution in [3.05, 3.63) is 78.3 Å². The van der Waals surface area contributed by atoms with Crippen LogP contribution in [-0.2, 0) is 0 Å². The fourth-order valence-corrected chi connectivity index (χ4v) is 2.49. The Labute approximate surface area is 157 Å². The summed E-state index contributed by atoms with van der Waals surface area (Å²) in [6.45, 7) is 0. The molecule has 3 aromatic heterocycles. The van der Waals surface area contributed by atoms with Crippen LogP contribution in [0.15, 0.2) is 61.4 Å². The van der Waals surface area contributed by atoms with E-state index in [9.17, 15) is 9.18 Å². The number of rotatable bonds is 4. The zero-order valence-electron chi connectivity index (χ0n) is 14.3. The van der Waals surface area contributed by atoms with E-state index in [4.69, 9.17) is 5.41 Å². The maximum Gasteiger partial charge on any atom is 0.270 e. The molecule has 0 aliphatic carbocycles. The van der Waals surface area contributed by atoms with Gasteiger partial charge in [-0.1, -0.05) is 0 Å². The highest BCUT2D eigenvalue weighted by Crippen LogP contribution is 2.19. The van der Waals surface area contributed by atoms with Crippen LogP contribution in [-0.4, -0.2) is 30.5 Å². The lowest BCUT2D eigenvalue weighted by molar-refractivity contribution is 0.101. The highest BCUT2D eigenvalue weighted by atomic mass is 19.1. The number of pyridine rings is 1. The third kappa shape index (κ3) is 3.38. The normalized spacial score (nSPS) is 10.6. The minimum Gasteiger partial charge on any atom is -0.338 e. The van der Waals surface area contributed by atoms with Crippen LogP contribution in [0, 0.1) is 11.2 Å². The molecule has 0 saturated heterocycles. The van der Waals surface area contributed by atoms with Crippen molar-refractivity contribution < 1.29 is 9.18 Å². The van der Waals surface area contributed by atoms with Crippen LogP contribution >= 0.6 is 0 Å². The molecule has 138 valence electrons. The SMILES string of the molecule is N=c1c2ncnc(Nc3ccc(F)cc3)c2ncn1NC(=O)c1ccncc1. The standard InChI is InChI=1S/C18H13FN8O/c19-12-1-3-13(4-2-12)25-17-15-14(22-9-23-17)16(20)27(10-24-15)26-18(28)11-5-7-21-8-6-11/h1-10,20H,(H,26,28)(H,22,23,25). The summed E-state index contributed by atoms with van der Waals surface area (Å²) in [4.78, 5) is 28.6. The Bertz CT molecular complexity index is 1210. The highest BCUT2D eigenvalue weighted by molar-refractivity contribution is 5.99. The van der Waals surface area contributed by atoms with Crippen molar-refractivity contribution >= 4 is 28.4 Å². The summed E-state index contributed by atoms with van der Waals surface area (Å²) in [5, 5.41) is 11.3. The minimum atomic E-state index is -0.416. The van der Waals surface area contributed by atoms with Crippen molar-refractivity contribution in [3.8, 4) is 0 Å². The molecule has 9 nitrogen and oxygen atoms in total. The number of hydrogen-bond acceptors (Lipinski definition) is 7. The van der Waals surface area contributed by atoms with Gasteiger partial charge >= 0.3 is 0 Å². The number of nitrogens with zero attached hydrogens (tertiary/aromatic N) is 5. The number of benzene rings is 1. The summed E-state index contributed by atoms with van der Waals surface area (Å²) in [6, 6.07) is 8.86. The van der Waals surface area contributed by atoms with Gasteiger partial charge in [0.1, 0.15) is 29.5 Å². The maximum atomic E-state index is 13.1. The molecule has 0 atom stereocenters. The van der Waals surface area contributed by atoms with Crippen LogP contribution in [0.3, 0.4) is 0 Å². The van der Waals surface area contributed by atoms with Gasteiger partial charge in [-0.15, -0.1) is 0 Å². The van der Waals surface area contributed by atoms with Crippen molar-refractivity contribution in [1.29, 1.82) is 5.41 Å². The van der Waals surface area contributed by atoms with Gasteiger partial charge in [-0.25, -0.2) is 24.0 Å². The van der Waals surface area contributed by atoms with Crippen molar-refractivity contribution in [3.63, 3.8) is 0 Å². The van der Waals surface area contributed by atoms with Crippen LogP contribution in [0.4, 0.5) is 15.9 Å². The van der Waals surface area contributed by atoms with E-state index >= 15 is 0 Å². The average molecular weight is 376 g/mol. The number of carbonyl (C=O) groups excluding carboxylic acids is 1. The van der Waals surface area contributed by atoms with E-state index in [1.54, 1.807) is 24.3 Å². The maximum absolute atomic E-state index is 13.1. The molecule has 0 spiro atoms. The second-order valence-corrected chi connectivity index (χ2v) is 5.69. The van der Waals surface area contributed by atoms with Gasteiger partial charge in [-0.3, -0.25) is 20.6 Å². The van der Waals surface area contributed by atoms with Crippen molar-refractivity contribution in [1.82, 2.24) is 24.6 Å². The van der Waals surface area contributed by atoms with Gasteiger partial charge in [0, 0.05) is 23.6 Å². The lowest BCUT2D eigenvalue weighted by Gasteiger charge is -2.11. The van der Waals surface area contributed by atoms with E-state index in [1.807, 2.05) is 0 Å². The topological polar surface area (TPSA) is 121 Å². The van der Waals surface area contributed by atoms with Crippen LogP contribution < -0.4 is 16.2 Å². The summed E-state index contributed by atoms with van der Waals surface area (Å²) in [5.74, 6) is -0.408. The largest absolute Gasteiger partial charge is 0.338 e. The quantitative estimate of drug-likeness (QED) is 0.501. The summed E-state index contributed by atoms with van der Waals surface area (Å²) in [6.07, 6.45) is 5.58. The number of fused-ring (bicyclic) bond motifs is 1. The van der Waals surface area contributed by atoms with Gasteiger partial charge in [0.2, 0.25) is 0 Å². The van der Waals surface area contributed by atoms with Gasteiger partial charge in [-0.05, 0) is 36.4 Å². The monoisotopic (exact) mass is 376 g/mol. The molecule has 3 N–H and O–H groups in total.